The SMILES string of the molecule is Nc1cnn2c1N=NC2c1ccccc1. The number of benzene rings is 1. The van der Waals surface area contributed by atoms with Gasteiger partial charge in [-0.1, -0.05) is 30.3 Å². The van der Waals surface area contributed by atoms with E-state index in [1.165, 1.54) is 0 Å². The number of nitrogens with zero attached hydrogens (tertiary/aromatic N) is 4. The summed E-state index contributed by atoms with van der Waals surface area (Å²) in [5, 5.41) is 12.3. The normalized spacial score (nSPS) is 18.0. The Morgan fingerprint density at radius 2 is 2.00 bits per heavy atom. The second kappa shape index (κ2) is 2.91. The second-order valence-corrected chi connectivity index (χ2v) is 3.37. The van der Waals surface area contributed by atoms with Crippen LogP contribution < -0.4 is 5.73 Å². The van der Waals surface area contributed by atoms with Crippen molar-refractivity contribution in [1.82, 2.24) is 9.78 Å². The highest BCUT2D eigenvalue weighted by atomic mass is 15.5. The van der Waals surface area contributed by atoms with E-state index in [9.17, 15) is 0 Å². The van der Waals surface area contributed by atoms with Crippen LogP contribution in [-0.2, 0) is 0 Å². The maximum atomic E-state index is 5.70. The Hall–Kier alpha value is -2.17. The Morgan fingerprint density at radius 3 is 2.80 bits per heavy atom. The van der Waals surface area contributed by atoms with Gasteiger partial charge < -0.3 is 5.73 Å². The summed E-state index contributed by atoms with van der Waals surface area (Å²) in [7, 11) is 0. The molecule has 5 nitrogen and oxygen atoms in total. The molecule has 1 aliphatic rings. The minimum absolute atomic E-state index is 0.168. The van der Waals surface area contributed by atoms with Crippen molar-refractivity contribution in [3.8, 4) is 0 Å². The largest absolute Gasteiger partial charge is 0.394 e. The van der Waals surface area contributed by atoms with Crippen molar-refractivity contribution in [1.29, 1.82) is 0 Å². The number of azo groups is 1. The fraction of sp³-hybridized carbons (Fsp3) is 0.100. The van der Waals surface area contributed by atoms with Gasteiger partial charge in [-0.05, 0) is 0 Å². The third-order valence-corrected chi connectivity index (χ3v) is 2.39. The van der Waals surface area contributed by atoms with Crippen LogP contribution in [0.4, 0.5) is 11.5 Å². The zero-order valence-electron chi connectivity index (χ0n) is 7.91. The number of fused-ring (bicyclic) bond motifs is 1. The highest BCUT2D eigenvalue weighted by Gasteiger charge is 2.23. The van der Waals surface area contributed by atoms with E-state index in [0.29, 0.717) is 11.5 Å². The maximum Gasteiger partial charge on any atom is 0.198 e. The lowest BCUT2D eigenvalue weighted by Gasteiger charge is -2.07. The summed E-state index contributed by atoms with van der Waals surface area (Å²) in [6.45, 7) is 0. The first-order valence-electron chi connectivity index (χ1n) is 4.65. The summed E-state index contributed by atoms with van der Waals surface area (Å²) in [6, 6.07) is 9.90. The quantitative estimate of drug-likeness (QED) is 0.764. The predicted molar refractivity (Wildman–Crippen MR) is 55.7 cm³/mol. The summed E-state index contributed by atoms with van der Waals surface area (Å²) in [5.74, 6) is 0.642. The Labute approximate surface area is 86.2 Å². The van der Waals surface area contributed by atoms with Crippen LogP contribution in [0, 0.1) is 0 Å². The summed E-state index contributed by atoms with van der Waals surface area (Å²) < 4.78 is 1.73. The van der Waals surface area contributed by atoms with Gasteiger partial charge in [0, 0.05) is 5.56 Å². The van der Waals surface area contributed by atoms with Gasteiger partial charge in [0.15, 0.2) is 12.0 Å². The molecule has 1 aromatic carbocycles. The number of rotatable bonds is 1. The molecule has 1 aliphatic heterocycles. The van der Waals surface area contributed by atoms with Crippen molar-refractivity contribution in [2.45, 2.75) is 6.17 Å². The molecular formula is C10H9N5. The molecular weight excluding hydrogens is 190 g/mol. The van der Waals surface area contributed by atoms with Gasteiger partial charge >= 0.3 is 0 Å². The molecule has 2 heterocycles. The van der Waals surface area contributed by atoms with E-state index >= 15 is 0 Å². The number of nitrogen functional groups attached to an aromatic ring is 1. The van der Waals surface area contributed by atoms with Gasteiger partial charge in [-0.25, -0.2) is 4.68 Å². The molecule has 0 fully saturated rings. The molecule has 2 N–H and O–H groups in total. The Kier molecular flexibility index (Phi) is 1.58. The van der Waals surface area contributed by atoms with Crippen LogP contribution in [0.2, 0.25) is 0 Å². The van der Waals surface area contributed by atoms with Crippen molar-refractivity contribution in [3.05, 3.63) is 42.1 Å². The van der Waals surface area contributed by atoms with Gasteiger partial charge in [0.25, 0.3) is 0 Å². The number of hydrogen-bond donors (Lipinski definition) is 1. The first-order chi connectivity index (χ1) is 7.36. The van der Waals surface area contributed by atoms with Crippen molar-refractivity contribution in [3.63, 3.8) is 0 Å². The minimum atomic E-state index is -0.168. The number of aromatic nitrogens is 2. The van der Waals surface area contributed by atoms with Crippen molar-refractivity contribution in [2.75, 3.05) is 5.73 Å². The van der Waals surface area contributed by atoms with Gasteiger partial charge in [-0.3, -0.25) is 0 Å². The summed E-state index contributed by atoms with van der Waals surface area (Å²) in [5.41, 5.74) is 7.32. The molecule has 0 saturated carbocycles. The van der Waals surface area contributed by atoms with Crippen LogP contribution in [0.15, 0.2) is 46.8 Å². The molecule has 74 valence electrons. The van der Waals surface area contributed by atoms with E-state index in [4.69, 9.17) is 5.73 Å². The van der Waals surface area contributed by atoms with E-state index in [1.54, 1.807) is 10.9 Å². The molecule has 0 spiro atoms. The molecule has 15 heavy (non-hydrogen) atoms. The lowest BCUT2D eigenvalue weighted by Crippen LogP contribution is -2.05. The predicted octanol–water partition coefficient (Wildman–Crippen LogP) is 2.11. The van der Waals surface area contributed by atoms with Gasteiger partial charge in [-0.2, -0.15) is 10.2 Å². The Morgan fingerprint density at radius 1 is 1.20 bits per heavy atom. The zero-order valence-corrected chi connectivity index (χ0v) is 7.91. The standard InChI is InChI=1S/C10H9N5/c11-8-6-12-15-9(13-14-10(8)15)7-4-2-1-3-5-7/h1-6,9H,11H2. The van der Waals surface area contributed by atoms with Crippen molar-refractivity contribution < 1.29 is 0 Å². The summed E-state index contributed by atoms with van der Waals surface area (Å²) >= 11 is 0. The van der Waals surface area contributed by atoms with E-state index in [1.807, 2.05) is 30.3 Å². The molecule has 2 aromatic rings. The summed E-state index contributed by atoms with van der Waals surface area (Å²) in [6.07, 6.45) is 1.43. The topological polar surface area (TPSA) is 68.6 Å². The number of hydrogen-bond acceptors (Lipinski definition) is 4. The fourth-order valence-corrected chi connectivity index (χ4v) is 1.64. The average Bonchev–Trinajstić information content (AvgIpc) is 2.83. The van der Waals surface area contributed by atoms with Crippen LogP contribution in [0.5, 0.6) is 0 Å². The maximum absolute atomic E-state index is 5.70. The van der Waals surface area contributed by atoms with Crippen LogP contribution in [0.3, 0.4) is 0 Å². The number of nitrogens with two attached hydrogens (primary N) is 1. The van der Waals surface area contributed by atoms with Crippen molar-refractivity contribution in [2.24, 2.45) is 10.2 Å². The van der Waals surface area contributed by atoms with Crippen molar-refractivity contribution >= 4 is 11.5 Å². The fourth-order valence-electron chi connectivity index (χ4n) is 1.64. The second-order valence-electron chi connectivity index (χ2n) is 3.37. The van der Waals surface area contributed by atoms with Gasteiger partial charge in [0.05, 0.1) is 11.9 Å². The van der Waals surface area contributed by atoms with Crippen LogP contribution >= 0.6 is 0 Å². The van der Waals surface area contributed by atoms with Crippen LogP contribution in [-0.4, -0.2) is 9.78 Å². The molecule has 1 aromatic heterocycles. The molecule has 0 saturated heterocycles. The van der Waals surface area contributed by atoms with E-state index in [-0.39, 0.29) is 6.17 Å². The molecule has 1 unspecified atom stereocenters. The Bertz CT molecular complexity index is 514. The molecule has 3 rings (SSSR count). The minimum Gasteiger partial charge on any atom is -0.394 e. The lowest BCUT2D eigenvalue weighted by atomic mass is 10.2. The molecule has 0 aliphatic carbocycles. The highest BCUT2D eigenvalue weighted by molar-refractivity contribution is 5.57. The van der Waals surface area contributed by atoms with Crippen LogP contribution in [0.1, 0.15) is 11.7 Å². The highest BCUT2D eigenvalue weighted by Crippen LogP contribution is 2.35. The monoisotopic (exact) mass is 199 g/mol. The summed E-state index contributed by atoms with van der Waals surface area (Å²) in [4.78, 5) is 0. The number of anilines is 1. The molecule has 0 radical (unpaired) electrons. The Balaban J connectivity index is 2.09. The first kappa shape index (κ1) is 8.16. The van der Waals surface area contributed by atoms with Crippen LogP contribution in [0.25, 0.3) is 0 Å². The third kappa shape index (κ3) is 1.13. The molecule has 0 bridgehead atoms. The van der Waals surface area contributed by atoms with E-state index in [2.05, 4.69) is 15.3 Å². The van der Waals surface area contributed by atoms with Gasteiger partial charge in [0.1, 0.15) is 0 Å². The molecule has 5 heteroatoms. The van der Waals surface area contributed by atoms with Gasteiger partial charge in [-0.15, -0.1) is 5.11 Å². The molecule has 0 amide bonds. The zero-order chi connectivity index (χ0) is 10.3. The molecule has 1 atom stereocenters. The smallest absolute Gasteiger partial charge is 0.198 e. The van der Waals surface area contributed by atoms with E-state index in [0.717, 1.165) is 5.56 Å². The van der Waals surface area contributed by atoms with Gasteiger partial charge in [0.2, 0.25) is 0 Å². The average molecular weight is 199 g/mol. The third-order valence-electron chi connectivity index (χ3n) is 2.39. The van der Waals surface area contributed by atoms with E-state index < -0.39 is 0 Å². The lowest BCUT2D eigenvalue weighted by molar-refractivity contribution is 0.572. The first-order valence-corrected chi connectivity index (χ1v) is 4.65.